The molecule has 1 atom stereocenters. The van der Waals surface area contributed by atoms with Gasteiger partial charge in [-0.05, 0) is 38.3 Å². The number of nitrogens with zero attached hydrogens (tertiary/aromatic N) is 2. The minimum atomic E-state index is 0.496. The standard InChI is InChI=1S/C15H27N3/c1-3-10-16-14(12-13-7-5-6-8-13)15-9-11-17-18(15)4-2/h9,11,13-14,16H,3-8,10,12H2,1-2H3. The average Bonchev–Trinajstić information content (AvgIpc) is 3.04. The van der Waals surface area contributed by atoms with Crippen LogP contribution < -0.4 is 5.32 Å². The van der Waals surface area contributed by atoms with E-state index in [1.165, 1.54) is 44.2 Å². The van der Waals surface area contributed by atoms with Gasteiger partial charge in [0.1, 0.15) is 0 Å². The minimum absolute atomic E-state index is 0.496. The molecule has 1 saturated carbocycles. The summed E-state index contributed by atoms with van der Waals surface area (Å²) in [7, 11) is 0. The summed E-state index contributed by atoms with van der Waals surface area (Å²) >= 11 is 0. The van der Waals surface area contributed by atoms with Crippen molar-refractivity contribution in [2.24, 2.45) is 5.92 Å². The van der Waals surface area contributed by atoms with Crippen LogP contribution in [0.15, 0.2) is 12.3 Å². The first-order valence-electron chi connectivity index (χ1n) is 7.60. The predicted octanol–water partition coefficient (Wildman–Crippen LogP) is 3.52. The molecule has 1 N–H and O–H groups in total. The van der Waals surface area contributed by atoms with Crippen LogP contribution in [-0.2, 0) is 6.54 Å². The van der Waals surface area contributed by atoms with Gasteiger partial charge in [-0.3, -0.25) is 4.68 Å². The molecule has 102 valence electrons. The molecule has 2 rings (SSSR count). The van der Waals surface area contributed by atoms with Crippen molar-refractivity contribution in [2.45, 2.75) is 65.0 Å². The van der Waals surface area contributed by atoms with Gasteiger partial charge in [0, 0.05) is 18.8 Å². The second-order valence-corrected chi connectivity index (χ2v) is 5.46. The quantitative estimate of drug-likeness (QED) is 0.801. The van der Waals surface area contributed by atoms with E-state index in [-0.39, 0.29) is 0 Å². The summed E-state index contributed by atoms with van der Waals surface area (Å²) in [4.78, 5) is 0. The van der Waals surface area contributed by atoms with Crippen LogP contribution in [0.25, 0.3) is 0 Å². The molecule has 0 aromatic carbocycles. The van der Waals surface area contributed by atoms with Crippen molar-refractivity contribution in [2.75, 3.05) is 6.54 Å². The summed E-state index contributed by atoms with van der Waals surface area (Å²) < 4.78 is 2.14. The fourth-order valence-electron chi connectivity index (χ4n) is 3.11. The van der Waals surface area contributed by atoms with E-state index in [0.29, 0.717) is 6.04 Å². The minimum Gasteiger partial charge on any atom is -0.309 e. The Labute approximate surface area is 111 Å². The Morgan fingerprint density at radius 3 is 2.83 bits per heavy atom. The van der Waals surface area contributed by atoms with Gasteiger partial charge in [-0.15, -0.1) is 0 Å². The van der Waals surface area contributed by atoms with Crippen molar-refractivity contribution in [1.82, 2.24) is 15.1 Å². The maximum Gasteiger partial charge on any atom is 0.0553 e. The van der Waals surface area contributed by atoms with Gasteiger partial charge in [0.25, 0.3) is 0 Å². The molecule has 18 heavy (non-hydrogen) atoms. The van der Waals surface area contributed by atoms with Crippen LogP contribution in [0.2, 0.25) is 0 Å². The molecular formula is C15H27N3. The van der Waals surface area contributed by atoms with Gasteiger partial charge in [-0.2, -0.15) is 5.10 Å². The Morgan fingerprint density at radius 2 is 2.17 bits per heavy atom. The van der Waals surface area contributed by atoms with Gasteiger partial charge < -0.3 is 5.32 Å². The average molecular weight is 249 g/mol. The molecule has 3 heteroatoms. The molecule has 1 aliphatic carbocycles. The van der Waals surface area contributed by atoms with E-state index in [1.54, 1.807) is 0 Å². The van der Waals surface area contributed by atoms with E-state index >= 15 is 0 Å². The van der Waals surface area contributed by atoms with E-state index in [4.69, 9.17) is 0 Å². The molecule has 1 aromatic heterocycles. The third-order valence-corrected chi connectivity index (χ3v) is 4.09. The number of hydrogen-bond acceptors (Lipinski definition) is 2. The molecular weight excluding hydrogens is 222 g/mol. The highest BCUT2D eigenvalue weighted by atomic mass is 15.3. The Balaban J connectivity index is 2.03. The maximum absolute atomic E-state index is 4.41. The van der Waals surface area contributed by atoms with Crippen molar-refractivity contribution in [3.63, 3.8) is 0 Å². The predicted molar refractivity (Wildman–Crippen MR) is 75.5 cm³/mol. The molecule has 1 unspecified atom stereocenters. The van der Waals surface area contributed by atoms with Crippen molar-refractivity contribution in [3.05, 3.63) is 18.0 Å². The van der Waals surface area contributed by atoms with Gasteiger partial charge in [-0.25, -0.2) is 0 Å². The van der Waals surface area contributed by atoms with Crippen molar-refractivity contribution >= 4 is 0 Å². The molecule has 1 heterocycles. The monoisotopic (exact) mass is 249 g/mol. The number of rotatable bonds is 7. The van der Waals surface area contributed by atoms with Crippen LogP contribution >= 0.6 is 0 Å². The first-order valence-corrected chi connectivity index (χ1v) is 7.60. The number of aryl methyl sites for hydroxylation is 1. The van der Waals surface area contributed by atoms with Gasteiger partial charge in [0.15, 0.2) is 0 Å². The summed E-state index contributed by atoms with van der Waals surface area (Å²) in [5.74, 6) is 0.916. The zero-order chi connectivity index (χ0) is 12.8. The maximum atomic E-state index is 4.41. The third-order valence-electron chi connectivity index (χ3n) is 4.09. The van der Waals surface area contributed by atoms with Crippen LogP contribution in [0.3, 0.4) is 0 Å². The van der Waals surface area contributed by atoms with Gasteiger partial charge in [0.2, 0.25) is 0 Å². The molecule has 0 amide bonds. The highest BCUT2D eigenvalue weighted by Gasteiger charge is 2.22. The van der Waals surface area contributed by atoms with Gasteiger partial charge >= 0.3 is 0 Å². The molecule has 1 aliphatic rings. The molecule has 3 nitrogen and oxygen atoms in total. The van der Waals surface area contributed by atoms with Gasteiger partial charge in [-0.1, -0.05) is 32.6 Å². The van der Waals surface area contributed by atoms with Crippen molar-refractivity contribution < 1.29 is 0 Å². The topological polar surface area (TPSA) is 29.9 Å². The largest absolute Gasteiger partial charge is 0.309 e. The Morgan fingerprint density at radius 1 is 1.39 bits per heavy atom. The van der Waals surface area contributed by atoms with Crippen LogP contribution in [-0.4, -0.2) is 16.3 Å². The number of nitrogens with one attached hydrogen (secondary N) is 1. The lowest BCUT2D eigenvalue weighted by atomic mass is 9.96. The summed E-state index contributed by atoms with van der Waals surface area (Å²) in [5, 5.41) is 8.13. The lowest BCUT2D eigenvalue weighted by molar-refractivity contribution is 0.376. The summed E-state index contributed by atoms with van der Waals surface area (Å²) in [6.07, 6.45) is 10.1. The molecule has 0 saturated heterocycles. The molecule has 1 fully saturated rings. The fourth-order valence-corrected chi connectivity index (χ4v) is 3.11. The van der Waals surface area contributed by atoms with Crippen LogP contribution in [0.4, 0.5) is 0 Å². The normalized spacial score (nSPS) is 18.3. The zero-order valence-electron chi connectivity index (χ0n) is 11.9. The van der Waals surface area contributed by atoms with E-state index in [2.05, 4.69) is 35.0 Å². The number of aromatic nitrogens is 2. The first kappa shape index (κ1) is 13.6. The third kappa shape index (κ3) is 3.35. The second kappa shape index (κ2) is 6.93. The molecule has 0 aliphatic heterocycles. The van der Waals surface area contributed by atoms with Crippen LogP contribution in [0.1, 0.15) is 64.1 Å². The summed E-state index contributed by atoms with van der Waals surface area (Å²) in [6.45, 7) is 6.48. The second-order valence-electron chi connectivity index (χ2n) is 5.46. The summed E-state index contributed by atoms with van der Waals surface area (Å²) in [6, 6.07) is 2.68. The summed E-state index contributed by atoms with van der Waals surface area (Å²) in [5.41, 5.74) is 1.37. The molecule has 0 spiro atoms. The van der Waals surface area contributed by atoms with E-state index in [9.17, 15) is 0 Å². The fraction of sp³-hybridized carbons (Fsp3) is 0.800. The van der Waals surface area contributed by atoms with E-state index < -0.39 is 0 Å². The molecule has 0 radical (unpaired) electrons. The SMILES string of the molecule is CCCNC(CC1CCCC1)c1ccnn1CC. The van der Waals surface area contributed by atoms with Crippen LogP contribution in [0.5, 0.6) is 0 Å². The van der Waals surface area contributed by atoms with E-state index in [0.717, 1.165) is 19.0 Å². The molecule has 1 aromatic rings. The van der Waals surface area contributed by atoms with E-state index in [1.807, 2.05) is 6.20 Å². The van der Waals surface area contributed by atoms with Crippen molar-refractivity contribution in [3.8, 4) is 0 Å². The molecule has 0 bridgehead atoms. The lowest BCUT2D eigenvalue weighted by Crippen LogP contribution is -2.26. The highest BCUT2D eigenvalue weighted by Crippen LogP contribution is 2.32. The Kier molecular flexibility index (Phi) is 5.24. The lowest BCUT2D eigenvalue weighted by Gasteiger charge is -2.22. The zero-order valence-corrected chi connectivity index (χ0v) is 11.9. The Bertz CT molecular complexity index is 339. The highest BCUT2D eigenvalue weighted by molar-refractivity contribution is 5.07. The van der Waals surface area contributed by atoms with Gasteiger partial charge in [0.05, 0.1) is 5.69 Å². The Hall–Kier alpha value is -0.830. The number of hydrogen-bond donors (Lipinski definition) is 1. The van der Waals surface area contributed by atoms with Crippen molar-refractivity contribution in [1.29, 1.82) is 0 Å². The first-order chi connectivity index (χ1) is 8.85. The smallest absolute Gasteiger partial charge is 0.0553 e. The van der Waals surface area contributed by atoms with Crippen LogP contribution in [0, 0.1) is 5.92 Å².